The quantitative estimate of drug-likeness (QED) is 0.687. The topological polar surface area (TPSA) is 105 Å². The van der Waals surface area contributed by atoms with Gasteiger partial charge in [-0.3, -0.25) is 4.79 Å². The molecule has 3 N–H and O–H groups in total. The number of halogens is 1. The van der Waals surface area contributed by atoms with E-state index in [1.165, 1.54) is 18.2 Å². The summed E-state index contributed by atoms with van der Waals surface area (Å²) in [4.78, 5) is 15.6. The number of benzene rings is 1. The average molecular weight is 310 g/mol. The van der Waals surface area contributed by atoms with Gasteiger partial charge in [0.1, 0.15) is 17.8 Å². The van der Waals surface area contributed by atoms with Crippen LogP contribution in [0.25, 0.3) is 0 Å². The van der Waals surface area contributed by atoms with E-state index in [1.807, 2.05) is 0 Å². The standard InChI is InChI=1S/C14H15FN2O5/c15-9-2-1-3-11(4-9)21-8-13-17-12(7-22-13)14(20)16-5-10(19)6-18/h1-4,7,10,18-19H,5-6,8H2,(H,16,20). The highest BCUT2D eigenvalue weighted by molar-refractivity contribution is 5.91. The van der Waals surface area contributed by atoms with Crippen molar-refractivity contribution in [3.63, 3.8) is 0 Å². The molecule has 0 saturated heterocycles. The Bertz CT molecular complexity index is 631. The van der Waals surface area contributed by atoms with E-state index in [2.05, 4.69) is 10.3 Å². The highest BCUT2D eigenvalue weighted by Crippen LogP contribution is 2.14. The molecule has 22 heavy (non-hydrogen) atoms. The molecule has 0 bridgehead atoms. The highest BCUT2D eigenvalue weighted by atomic mass is 19.1. The molecule has 0 fully saturated rings. The minimum Gasteiger partial charge on any atom is -0.484 e. The van der Waals surface area contributed by atoms with Crippen LogP contribution in [-0.2, 0) is 6.61 Å². The fourth-order valence-corrected chi connectivity index (χ4v) is 1.55. The van der Waals surface area contributed by atoms with Crippen LogP contribution in [0.5, 0.6) is 5.75 Å². The number of hydrogen-bond acceptors (Lipinski definition) is 6. The van der Waals surface area contributed by atoms with Crippen LogP contribution < -0.4 is 10.1 Å². The molecular weight excluding hydrogens is 295 g/mol. The largest absolute Gasteiger partial charge is 0.484 e. The molecule has 1 unspecified atom stereocenters. The SMILES string of the molecule is O=C(NCC(O)CO)c1coc(COc2cccc(F)c2)n1. The molecule has 0 aliphatic carbocycles. The molecule has 0 aliphatic heterocycles. The first-order chi connectivity index (χ1) is 10.6. The van der Waals surface area contributed by atoms with Crippen molar-refractivity contribution < 1.29 is 28.6 Å². The maximum Gasteiger partial charge on any atom is 0.273 e. The minimum atomic E-state index is -1.04. The fraction of sp³-hybridized carbons (Fsp3) is 0.286. The van der Waals surface area contributed by atoms with Crippen LogP contribution in [0.3, 0.4) is 0 Å². The second-order valence-electron chi connectivity index (χ2n) is 4.42. The Hall–Kier alpha value is -2.45. The number of aliphatic hydroxyl groups excluding tert-OH is 2. The van der Waals surface area contributed by atoms with Gasteiger partial charge in [0.25, 0.3) is 5.91 Å². The molecule has 0 saturated carbocycles. The number of aromatic nitrogens is 1. The van der Waals surface area contributed by atoms with Gasteiger partial charge in [0.05, 0.1) is 12.7 Å². The lowest BCUT2D eigenvalue weighted by atomic mass is 10.3. The molecule has 2 rings (SSSR count). The van der Waals surface area contributed by atoms with E-state index in [9.17, 15) is 9.18 Å². The Balaban J connectivity index is 1.87. The van der Waals surface area contributed by atoms with E-state index >= 15 is 0 Å². The van der Waals surface area contributed by atoms with E-state index in [0.717, 1.165) is 6.26 Å². The van der Waals surface area contributed by atoms with Gasteiger partial charge in [0.15, 0.2) is 12.3 Å². The molecule has 7 nitrogen and oxygen atoms in total. The lowest BCUT2D eigenvalue weighted by Gasteiger charge is -2.06. The van der Waals surface area contributed by atoms with Gasteiger partial charge in [-0.05, 0) is 12.1 Å². The summed E-state index contributed by atoms with van der Waals surface area (Å²) in [5.41, 5.74) is 0.0167. The van der Waals surface area contributed by atoms with Crippen molar-refractivity contribution in [1.82, 2.24) is 10.3 Å². The Kier molecular flexibility index (Phi) is 5.45. The molecule has 1 atom stereocenters. The monoisotopic (exact) mass is 310 g/mol. The van der Waals surface area contributed by atoms with Crippen LogP contribution in [0, 0.1) is 5.82 Å². The summed E-state index contributed by atoms with van der Waals surface area (Å²) >= 11 is 0. The number of carbonyl (C=O) groups excluding carboxylic acids is 1. The van der Waals surface area contributed by atoms with E-state index in [0.29, 0.717) is 5.75 Å². The number of nitrogens with one attached hydrogen (secondary N) is 1. The maximum absolute atomic E-state index is 13.0. The lowest BCUT2D eigenvalue weighted by molar-refractivity contribution is 0.0798. The number of hydrogen-bond donors (Lipinski definition) is 3. The molecule has 0 aliphatic rings. The van der Waals surface area contributed by atoms with Crippen molar-refractivity contribution in [2.45, 2.75) is 12.7 Å². The second kappa shape index (κ2) is 7.53. The molecular formula is C14H15FN2O5. The number of rotatable bonds is 7. The average Bonchev–Trinajstić information content (AvgIpc) is 2.99. The molecule has 1 heterocycles. The third-order valence-electron chi connectivity index (χ3n) is 2.65. The van der Waals surface area contributed by atoms with Gasteiger partial charge >= 0.3 is 0 Å². The normalized spacial score (nSPS) is 12.0. The van der Waals surface area contributed by atoms with Crippen molar-refractivity contribution in [1.29, 1.82) is 0 Å². The van der Waals surface area contributed by atoms with E-state index in [-0.39, 0.29) is 24.7 Å². The van der Waals surface area contributed by atoms with Crippen LogP contribution >= 0.6 is 0 Å². The predicted molar refractivity (Wildman–Crippen MR) is 72.7 cm³/mol. The van der Waals surface area contributed by atoms with Crippen LogP contribution in [0.2, 0.25) is 0 Å². The van der Waals surface area contributed by atoms with Crippen molar-refractivity contribution in [2.75, 3.05) is 13.2 Å². The third kappa shape index (κ3) is 4.54. The molecule has 1 amide bonds. The highest BCUT2D eigenvalue weighted by Gasteiger charge is 2.13. The van der Waals surface area contributed by atoms with Crippen LogP contribution in [0.15, 0.2) is 34.9 Å². The summed E-state index contributed by atoms with van der Waals surface area (Å²) in [5.74, 6) is -0.506. The molecule has 8 heteroatoms. The van der Waals surface area contributed by atoms with Crippen molar-refractivity contribution in [3.8, 4) is 5.75 Å². The molecule has 1 aromatic carbocycles. The summed E-state index contributed by atoms with van der Waals surface area (Å²) in [5, 5.41) is 20.2. The molecule has 118 valence electrons. The van der Waals surface area contributed by atoms with Gasteiger partial charge < -0.3 is 24.7 Å². The van der Waals surface area contributed by atoms with Gasteiger partial charge in [-0.2, -0.15) is 0 Å². The summed E-state index contributed by atoms with van der Waals surface area (Å²) in [6.45, 7) is -0.612. The number of nitrogens with zero attached hydrogens (tertiary/aromatic N) is 1. The Morgan fingerprint density at radius 1 is 1.50 bits per heavy atom. The minimum absolute atomic E-state index is 0.0167. The smallest absolute Gasteiger partial charge is 0.273 e. The molecule has 0 radical (unpaired) electrons. The summed E-state index contributed by atoms with van der Waals surface area (Å²) in [6.07, 6.45) is 0.108. The molecule has 1 aromatic heterocycles. The third-order valence-corrected chi connectivity index (χ3v) is 2.65. The zero-order valence-corrected chi connectivity index (χ0v) is 11.5. The molecule has 2 aromatic rings. The first-order valence-electron chi connectivity index (χ1n) is 6.48. The van der Waals surface area contributed by atoms with Crippen LogP contribution in [-0.4, -0.2) is 40.4 Å². The maximum atomic E-state index is 13.0. The van der Waals surface area contributed by atoms with Crippen LogP contribution in [0.4, 0.5) is 4.39 Å². The van der Waals surface area contributed by atoms with Crippen molar-refractivity contribution in [2.24, 2.45) is 0 Å². The van der Waals surface area contributed by atoms with Gasteiger partial charge in [0, 0.05) is 12.6 Å². The second-order valence-corrected chi connectivity index (χ2v) is 4.42. The number of aliphatic hydroxyl groups is 2. The van der Waals surface area contributed by atoms with E-state index in [1.54, 1.807) is 6.07 Å². The van der Waals surface area contributed by atoms with Gasteiger partial charge in [-0.15, -0.1) is 0 Å². The zero-order chi connectivity index (χ0) is 15.9. The van der Waals surface area contributed by atoms with Crippen molar-refractivity contribution >= 4 is 5.91 Å². The first-order valence-corrected chi connectivity index (χ1v) is 6.48. The predicted octanol–water partition coefficient (Wildman–Crippen LogP) is 0.476. The number of oxazole rings is 1. The number of amides is 1. The summed E-state index contributed by atoms with van der Waals surface area (Å²) in [7, 11) is 0. The molecule has 0 spiro atoms. The van der Waals surface area contributed by atoms with E-state index < -0.39 is 24.4 Å². The number of ether oxygens (including phenoxy) is 1. The first kappa shape index (κ1) is 15.9. The Morgan fingerprint density at radius 2 is 2.32 bits per heavy atom. The Morgan fingerprint density at radius 3 is 3.05 bits per heavy atom. The zero-order valence-electron chi connectivity index (χ0n) is 11.5. The van der Waals surface area contributed by atoms with E-state index in [4.69, 9.17) is 19.4 Å². The summed E-state index contributed by atoms with van der Waals surface area (Å²) in [6, 6.07) is 5.59. The van der Waals surface area contributed by atoms with Crippen LogP contribution in [0.1, 0.15) is 16.4 Å². The van der Waals surface area contributed by atoms with Gasteiger partial charge in [0.2, 0.25) is 5.89 Å². The van der Waals surface area contributed by atoms with Crippen molar-refractivity contribution in [3.05, 3.63) is 47.9 Å². The summed E-state index contributed by atoms with van der Waals surface area (Å²) < 4.78 is 23.3. The Labute approximate surface area is 125 Å². The lowest BCUT2D eigenvalue weighted by Crippen LogP contribution is -2.34. The van der Waals surface area contributed by atoms with Gasteiger partial charge in [-0.25, -0.2) is 9.37 Å². The fourth-order valence-electron chi connectivity index (χ4n) is 1.55. The van der Waals surface area contributed by atoms with Gasteiger partial charge in [-0.1, -0.05) is 6.07 Å². The number of carbonyl (C=O) groups is 1.